The van der Waals surface area contributed by atoms with Gasteiger partial charge in [-0.05, 0) is 12.8 Å². The molecule has 0 saturated heterocycles. The fourth-order valence-corrected chi connectivity index (χ4v) is 2.44. The number of carbonyl (C=O) groups is 3. The summed E-state index contributed by atoms with van der Waals surface area (Å²) in [6.07, 6.45) is 5.60. The largest absolute Gasteiger partial charge is 0.481 e. The molecular formula is C13H22N2O5. The Hall–Kier alpha value is -1.79. The molecule has 7 heteroatoms. The number of rotatable bonds is 5. The minimum Gasteiger partial charge on any atom is -0.481 e. The van der Waals surface area contributed by atoms with Crippen molar-refractivity contribution in [2.45, 2.75) is 57.0 Å². The van der Waals surface area contributed by atoms with Gasteiger partial charge in [0.1, 0.15) is 6.04 Å². The Morgan fingerprint density at radius 1 is 1.15 bits per heavy atom. The number of carboxylic acids is 2. The first-order valence-electron chi connectivity index (χ1n) is 6.89. The van der Waals surface area contributed by atoms with E-state index in [4.69, 9.17) is 10.2 Å². The van der Waals surface area contributed by atoms with Gasteiger partial charge in [-0.3, -0.25) is 4.79 Å². The van der Waals surface area contributed by atoms with Crippen LogP contribution in [0, 0.1) is 0 Å². The van der Waals surface area contributed by atoms with E-state index in [9.17, 15) is 14.4 Å². The number of urea groups is 1. The molecule has 20 heavy (non-hydrogen) atoms. The zero-order valence-corrected chi connectivity index (χ0v) is 11.7. The molecule has 0 aromatic heterocycles. The van der Waals surface area contributed by atoms with E-state index in [2.05, 4.69) is 5.32 Å². The van der Waals surface area contributed by atoms with Gasteiger partial charge in [0.25, 0.3) is 0 Å². The Kier molecular flexibility index (Phi) is 6.27. The molecule has 0 aromatic rings. The fourth-order valence-electron chi connectivity index (χ4n) is 2.44. The molecule has 0 aliphatic heterocycles. The summed E-state index contributed by atoms with van der Waals surface area (Å²) in [5, 5.41) is 19.8. The van der Waals surface area contributed by atoms with Crippen molar-refractivity contribution in [3.8, 4) is 0 Å². The molecule has 0 heterocycles. The highest BCUT2D eigenvalue weighted by molar-refractivity contribution is 5.86. The summed E-state index contributed by atoms with van der Waals surface area (Å²) < 4.78 is 0. The van der Waals surface area contributed by atoms with Crippen LogP contribution in [0.5, 0.6) is 0 Å². The number of nitrogens with zero attached hydrogens (tertiary/aromatic N) is 1. The molecule has 0 aromatic carbocycles. The number of carbonyl (C=O) groups excluding carboxylic acids is 1. The summed E-state index contributed by atoms with van der Waals surface area (Å²) in [4.78, 5) is 35.0. The van der Waals surface area contributed by atoms with Gasteiger partial charge in [0.2, 0.25) is 0 Å². The normalized spacial score (nSPS) is 17.9. The van der Waals surface area contributed by atoms with E-state index < -0.39 is 30.4 Å². The maximum Gasteiger partial charge on any atom is 0.326 e. The van der Waals surface area contributed by atoms with Crippen LogP contribution in [0.4, 0.5) is 4.79 Å². The van der Waals surface area contributed by atoms with E-state index in [0.29, 0.717) is 0 Å². The second kappa shape index (κ2) is 7.72. The van der Waals surface area contributed by atoms with E-state index in [1.54, 1.807) is 7.05 Å². The number of hydrogen-bond donors (Lipinski definition) is 3. The molecule has 114 valence electrons. The number of aliphatic carboxylic acids is 2. The molecule has 1 aliphatic rings. The van der Waals surface area contributed by atoms with Gasteiger partial charge in [0, 0.05) is 13.1 Å². The lowest BCUT2D eigenvalue weighted by Gasteiger charge is -2.28. The molecule has 0 bridgehead atoms. The molecule has 3 N–H and O–H groups in total. The first-order chi connectivity index (χ1) is 9.41. The number of nitrogens with one attached hydrogen (secondary N) is 1. The van der Waals surface area contributed by atoms with Gasteiger partial charge in [0.15, 0.2) is 0 Å². The van der Waals surface area contributed by atoms with Gasteiger partial charge in [-0.25, -0.2) is 9.59 Å². The number of hydrogen-bond acceptors (Lipinski definition) is 3. The quantitative estimate of drug-likeness (QED) is 0.660. The predicted molar refractivity (Wildman–Crippen MR) is 71.5 cm³/mol. The molecule has 1 rings (SSSR count). The molecular weight excluding hydrogens is 264 g/mol. The highest BCUT2D eigenvalue weighted by Gasteiger charge is 2.27. The van der Waals surface area contributed by atoms with Gasteiger partial charge in [-0.15, -0.1) is 0 Å². The summed E-state index contributed by atoms with van der Waals surface area (Å²) in [6, 6.07) is -1.82. The van der Waals surface area contributed by atoms with E-state index in [-0.39, 0.29) is 6.04 Å². The molecule has 2 amide bonds. The molecule has 1 fully saturated rings. The minimum absolute atomic E-state index is 0.0942. The second-order valence-corrected chi connectivity index (χ2v) is 5.19. The van der Waals surface area contributed by atoms with Crippen LogP contribution in [0.1, 0.15) is 44.9 Å². The topological polar surface area (TPSA) is 107 Å². The standard InChI is InChI=1S/C13H22N2O5/c1-15(9-6-4-2-3-5-7-9)13(20)14-10(12(18)19)8-11(16)17/h9-10H,2-8H2,1H3,(H,14,20)(H,16,17)(H,18,19)/t10-/m0/s1. The fraction of sp³-hybridized carbons (Fsp3) is 0.769. The molecule has 7 nitrogen and oxygen atoms in total. The van der Waals surface area contributed by atoms with Crippen LogP contribution < -0.4 is 5.32 Å². The summed E-state index contributed by atoms with van der Waals surface area (Å²) >= 11 is 0. The maximum absolute atomic E-state index is 12.0. The average Bonchev–Trinajstić information content (AvgIpc) is 2.65. The van der Waals surface area contributed by atoms with Crippen LogP contribution in [-0.4, -0.2) is 52.2 Å². The van der Waals surface area contributed by atoms with Crippen LogP contribution >= 0.6 is 0 Å². The van der Waals surface area contributed by atoms with Crippen molar-refractivity contribution in [2.75, 3.05) is 7.05 Å². The van der Waals surface area contributed by atoms with Crippen molar-refractivity contribution in [2.24, 2.45) is 0 Å². The summed E-state index contributed by atoms with van der Waals surface area (Å²) in [7, 11) is 1.63. The summed E-state index contributed by atoms with van der Waals surface area (Å²) in [5.41, 5.74) is 0. The Bertz CT molecular complexity index is 364. The second-order valence-electron chi connectivity index (χ2n) is 5.19. The van der Waals surface area contributed by atoms with Crippen molar-refractivity contribution < 1.29 is 24.6 Å². The van der Waals surface area contributed by atoms with E-state index in [1.165, 1.54) is 4.90 Å². The Labute approximate surface area is 117 Å². The average molecular weight is 286 g/mol. The van der Waals surface area contributed by atoms with Gasteiger partial charge < -0.3 is 20.4 Å². The predicted octanol–water partition coefficient (Wildman–Crippen LogP) is 1.28. The lowest BCUT2D eigenvalue weighted by molar-refractivity contribution is -0.145. The Balaban J connectivity index is 2.57. The molecule has 1 atom stereocenters. The highest BCUT2D eigenvalue weighted by atomic mass is 16.4. The summed E-state index contributed by atoms with van der Waals surface area (Å²) in [5.74, 6) is -2.59. The number of amides is 2. The third-order valence-electron chi connectivity index (χ3n) is 3.67. The van der Waals surface area contributed by atoms with Crippen molar-refractivity contribution >= 4 is 18.0 Å². The van der Waals surface area contributed by atoms with Gasteiger partial charge in [-0.1, -0.05) is 25.7 Å². The first-order valence-corrected chi connectivity index (χ1v) is 6.89. The SMILES string of the molecule is CN(C(=O)N[C@@H](CC(=O)O)C(=O)O)C1CCCCCC1. The zero-order chi connectivity index (χ0) is 15.1. The van der Waals surface area contributed by atoms with Crippen molar-refractivity contribution in [1.29, 1.82) is 0 Å². The highest BCUT2D eigenvalue weighted by Crippen LogP contribution is 2.21. The zero-order valence-electron chi connectivity index (χ0n) is 11.7. The Morgan fingerprint density at radius 3 is 2.15 bits per heavy atom. The van der Waals surface area contributed by atoms with Crippen LogP contribution in [0.3, 0.4) is 0 Å². The lowest BCUT2D eigenvalue weighted by Crippen LogP contribution is -2.50. The molecule has 0 radical (unpaired) electrons. The van der Waals surface area contributed by atoms with E-state index >= 15 is 0 Å². The maximum atomic E-state index is 12.0. The molecule has 0 unspecified atom stereocenters. The molecule has 1 aliphatic carbocycles. The van der Waals surface area contributed by atoms with Gasteiger partial charge in [-0.2, -0.15) is 0 Å². The van der Waals surface area contributed by atoms with Crippen molar-refractivity contribution in [3.05, 3.63) is 0 Å². The van der Waals surface area contributed by atoms with Gasteiger partial charge in [0.05, 0.1) is 6.42 Å². The third kappa shape index (κ3) is 5.07. The summed E-state index contributed by atoms with van der Waals surface area (Å²) in [6.45, 7) is 0. The van der Waals surface area contributed by atoms with Crippen LogP contribution in [0.15, 0.2) is 0 Å². The van der Waals surface area contributed by atoms with Gasteiger partial charge >= 0.3 is 18.0 Å². The number of carboxylic acid groups (broad SMARTS) is 2. The van der Waals surface area contributed by atoms with Crippen molar-refractivity contribution in [3.63, 3.8) is 0 Å². The van der Waals surface area contributed by atoms with Crippen molar-refractivity contribution in [1.82, 2.24) is 10.2 Å². The lowest BCUT2D eigenvalue weighted by atomic mass is 10.1. The molecule has 1 saturated carbocycles. The van der Waals surface area contributed by atoms with Crippen LogP contribution in [-0.2, 0) is 9.59 Å². The minimum atomic E-state index is -1.40. The smallest absolute Gasteiger partial charge is 0.326 e. The monoisotopic (exact) mass is 286 g/mol. The Morgan fingerprint density at radius 2 is 1.70 bits per heavy atom. The van der Waals surface area contributed by atoms with Crippen LogP contribution in [0.25, 0.3) is 0 Å². The van der Waals surface area contributed by atoms with E-state index in [0.717, 1.165) is 38.5 Å². The third-order valence-corrected chi connectivity index (χ3v) is 3.67. The molecule has 0 spiro atoms. The van der Waals surface area contributed by atoms with Crippen LogP contribution in [0.2, 0.25) is 0 Å². The first kappa shape index (κ1) is 16.3. The van der Waals surface area contributed by atoms with E-state index in [1.807, 2.05) is 0 Å².